The number of aromatic amines is 1. The Balaban J connectivity index is 1.14. The van der Waals surface area contributed by atoms with Crippen molar-refractivity contribution in [1.82, 2.24) is 30.0 Å². The number of aliphatic hydroxyl groups is 2. The standard InChI is InChI=1S/C30H34ClN7O2S/c31-30-33-17-23-24(26-8-4-13-41-26)19-38(29(23)36-30)25-14-21(27(39)28(25)40)18-37(22-15-34-35-16-22)12-5-10-32-11-9-20-6-2-1-3-7-20/h1-4,6-8,13,15-17,19,21,25,27-28,32,39-40H,5,9-12,14,18H2,(H,34,35)/t21-,25-,27-,28+/m1/s1. The minimum atomic E-state index is -0.939. The van der Waals surface area contributed by atoms with E-state index in [0.29, 0.717) is 18.6 Å². The Morgan fingerprint density at radius 2 is 1.98 bits per heavy atom. The number of anilines is 1. The molecule has 41 heavy (non-hydrogen) atoms. The van der Waals surface area contributed by atoms with Crippen LogP contribution < -0.4 is 10.2 Å². The highest BCUT2D eigenvalue weighted by atomic mass is 35.5. The van der Waals surface area contributed by atoms with Gasteiger partial charge in [-0.25, -0.2) is 4.98 Å². The van der Waals surface area contributed by atoms with E-state index in [1.807, 2.05) is 40.7 Å². The normalized spacial score (nSPS) is 20.7. The van der Waals surface area contributed by atoms with Crippen molar-refractivity contribution in [2.75, 3.05) is 31.1 Å². The lowest BCUT2D eigenvalue weighted by Gasteiger charge is -2.28. The van der Waals surface area contributed by atoms with Gasteiger partial charge < -0.3 is 25.0 Å². The Morgan fingerprint density at radius 1 is 1.10 bits per heavy atom. The van der Waals surface area contributed by atoms with E-state index in [9.17, 15) is 10.2 Å². The maximum Gasteiger partial charge on any atom is 0.224 e. The fourth-order valence-electron chi connectivity index (χ4n) is 5.87. The van der Waals surface area contributed by atoms with Crippen LogP contribution in [-0.2, 0) is 6.42 Å². The molecule has 0 amide bonds. The first-order valence-electron chi connectivity index (χ1n) is 14.0. The molecule has 1 aliphatic carbocycles. The number of hydrogen-bond donors (Lipinski definition) is 4. The lowest BCUT2D eigenvalue weighted by molar-refractivity contribution is 0.00793. The molecule has 0 saturated heterocycles. The second kappa shape index (κ2) is 12.7. The van der Waals surface area contributed by atoms with Crippen molar-refractivity contribution < 1.29 is 10.2 Å². The van der Waals surface area contributed by atoms with Gasteiger partial charge in [-0.15, -0.1) is 11.3 Å². The highest BCUT2D eigenvalue weighted by Crippen LogP contribution is 2.41. The zero-order chi connectivity index (χ0) is 28.2. The zero-order valence-corrected chi connectivity index (χ0v) is 24.2. The summed E-state index contributed by atoms with van der Waals surface area (Å²) in [6.45, 7) is 3.22. The molecular weight excluding hydrogens is 558 g/mol. The molecule has 0 unspecified atom stereocenters. The molecule has 1 aromatic carbocycles. The van der Waals surface area contributed by atoms with Crippen LogP contribution >= 0.6 is 22.9 Å². The Kier molecular flexibility index (Phi) is 8.64. The van der Waals surface area contributed by atoms with Crippen LogP contribution in [0.1, 0.15) is 24.4 Å². The molecule has 1 aliphatic rings. The summed E-state index contributed by atoms with van der Waals surface area (Å²) in [6.07, 6.45) is 8.16. The van der Waals surface area contributed by atoms with Crippen LogP contribution in [0.3, 0.4) is 0 Å². The minimum Gasteiger partial charge on any atom is -0.390 e. The minimum absolute atomic E-state index is 0.143. The predicted octanol–water partition coefficient (Wildman–Crippen LogP) is 4.55. The van der Waals surface area contributed by atoms with Gasteiger partial charge in [0, 0.05) is 53.4 Å². The van der Waals surface area contributed by atoms with Crippen LogP contribution in [0.2, 0.25) is 5.28 Å². The third-order valence-corrected chi connectivity index (χ3v) is 9.06. The lowest BCUT2D eigenvalue weighted by Crippen LogP contribution is -2.37. The molecule has 5 aromatic rings. The lowest BCUT2D eigenvalue weighted by atomic mass is 10.0. The summed E-state index contributed by atoms with van der Waals surface area (Å²) >= 11 is 7.83. The number of aromatic nitrogens is 5. The van der Waals surface area contributed by atoms with Crippen molar-refractivity contribution in [2.24, 2.45) is 5.92 Å². The van der Waals surface area contributed by atoms with Crippen molar-refractivity contribution in [1.29, 1.82) is 0 Å². The van der Waals surface area contributed by atoms with Crippen LogP contribution in [0.5, 0.6) is 0 Å². The fourth-order valence-corrected chi connectivity index (χ4v) is 6.75. The molecule has 6 rings (SSSR count). The van der Waals surface area contributed by atoms with Crippen molar-refractivity contribution >= 4 is 39.7 Å². The van der Waals surface area contributed by atoms with Gasteiger partial charge in [-0.3, -0.25) is 5.10 Å². The molecule has 4 N–H and O–H groups in total. The van der Waals surface area contributed by atoms with Crippen molar-refractivity contribution in [3.8, 4) is 10.4 Å². The predicted molar refractivity (Wildman–Crippen MR) is 163 cm³/mol. The second-order valence-corrected chi connectivity index (χ2v) is 11.9. The third-order valence-electron chi connectivity index (χ3n) is 7.98. The summed E-state index contributed by atoms with van der Waals surface area (Å²) in [4.78, 5) is 12.1. The van der Waals surface area contributed by atoms with Crippen molar-refractivity contribution in [3.63, 3.8) is 0 Å². The van der Waals surface area contributed by atoms with Gasteiger partial charge >= 0.3 is 0 Å². The monoisotopic (exact) mass is 591 g/mol. The summed E-state index contributed by atoms with van der Waals surface area (Å²) in [6, 6.07) is 14.2. The van der Waals surface area contributed by atoms with E-state index in [1.54, 1.807) is 17.5 Å². The molecule has 0 aliphatic heterocycles. The SMILES string of the molecule is O[C@@H]1[C@@H](CN(CCCNCCc2ccccc2)c2cn[nH]c2)C[C@@H](n2cc(-c3cccs3)c3cnc(Cl)nc32)[C@@H]1O. The van der Waals surface area contributed by atoms with E-state index in [1.165, 1.54) is 5.56 Å². The molecule has 0 radical (unpaired) electrons. The van der Waals surface area contributed by atoms with Gasteiger partial charge in [0.2, 0.25) is 5.28 Å². The summed E-state index contributed by atoms with van der Waals surface area (Å²) in [5.41, 5.74) is 3.97. The molecule has 4 aromatic heterocycles. The number of nitrogens with one attached hydrogen (secondary N) is 2. The summed E-state index contributed by atoms with van der Waals surface area (Å²) < 4.78 is 1.98. The maximum absolute atomic E-state index is 11.3. The average Bonchev–Trinajstić information content (AvgIpc) is 3.80. The van der Waals surface area contributed by atoms with Gasteiger partial charge in [0.05, 0.1) is 24.0 Å². The molecule has 4 heterocycles. The number of H-pyrrole nitrogens is 1. The highest BCUT2D eigenvalue weighted by molar-refractivity contribution is 7.13. The van der Waals surface area contributed by atoms with E-state index in [4.69, 9.17) is 11.6 Å². The van der Waals surface area contributed by atoms with Gasteiger partial charge in [0.1, 0.15) is 11.8 Å². The van der Waals surface area contributed by atoms with Crippen LogP contribution in [0.15, 0.2) is 72.6 Å². The van der Waals surface area contributed by atoms with Crippen LogP contribution in [0, 0.1) is 5.92 Å². The van der Waals surface area contributed by atoms with Crippen LogP contribution in [0.4, 0.5) is 5.69 Å². The highest BCUT2D eigenvalue weighted by Gasteiger charge is 2.43. The molecule has 0 bridgehead atoms. The first kappa shape index (κ1) is 27.9. The quantitative estimate of drug-likeness (QED) is 0.124. The zero-order valence-electron chi connectivity index (χ0n) is 22.6. The third kappa shape index (κ3) is 6.17. The number of fused-ring (bicyclic) bond motifs is 1. The Morgan fingerprint density at radius 3 is 2.76 bits per heavy atom. The second-order valence-electron chi connectivity index (χ2n) is 10.6. The molecule has 1 fully saturated rings. The summed E-state index contributed by atoms with van der Waals surface area (Å²) in [5.74, 6) is -0.143. The maximum atomic E-state index is 11.3. The average molecular weight is 592 g/mol. The molecular formula is C30H34ClN7O2S. The number of halogens is 1. The first-order valence-corrected chi connectivity index (χ1v) is 15.3. The van der Waals surface area contributed by atoms with Crippen molar-refractivity contribution in [2.45, 2.75) is 37.5 Å². The molecule has 0 spiro atoms. The number of rotatable bonds is 12. The van der Waals surface area contributed by atoms with Crippen LogP contribution in [-0.4, -0.2) is 73.3 Å². The molecule has 11 heteroatoms. The number of nitrogens with zero attached hydrogens (tertiary/aromatic N) is 5. The number of thiophene rings is 1. The summed E-state index contributed by atoms with van der Waals surface area (Å²) in [5, 5.41) is 36.2. The number of benzene rings is 1. The Bertz CT molecular complexity index is 1530. The van der Waals surface area contributed by atoms with Crippen LogP contribution in [0.25, 0.3) is 21.5 Å². The van der Waals surface area contributed by atoms with Gasteiger partial charge in [0.15, 0.2) is 0 Å². The van der Waals surface area contributed by atoms with E-state index < -0.39 is 12.2 Å². The first-order chi connectivity index (χ1) is 20.1. The van der Waals surface area contributed by atoms with Gasteiger partial charge in [-0.05, 0) is 61.0 Å². The largest absolute Gasteiger partial charge is 0.390 e. The van der Waals surface area contributed by atoms with E-state index in [0.717, 1.165) is 54.0 Å². The summed E-state index contributed by atoms with van der Waals surface area (Å²) in [7, 11) is 0. The van der Waals surface area contributed by atoms with Crippen molar-refractivity contribution in [3.05, 3.63) is 83.5 Å². The number of hydrogen-bond acceptors (Lipinski definition) is 8. The van der Waals surface area contributed by atoms with Gasteiger partial charge in [-0.1, -0.05) is 36.4 Å². The molecule has 214 valence electrons. The smallest absolute Gasteiger partial charge is 0.224 e. The molecule has 1 saturated carbocycles. The number of aliphatic hydroxyl groups excluding tert-OH is 2. The Hall–Kier alpha value is -3.28. The van der Waals surface area contributed by atoms with Gasteiger partial charge in [0.25, 0.3) is 0 Å². The molecule has 4 atom stereocenters. The van der Waals surface area contributed by atoms with E-state index >= 15 is 0 Å². The van der Waals surface area contributed by atoms with E-state index in [2.05, 4.69) is 60.7 Å². The Labute approximate surface area is 247 Å². The van der Waals surface area contributed by atoms with Gasteiger partial charge in [-0.2, -0.15) is 10.1 Å². The fraction of sp³-hybridized carbons (Fsp3) is 0.367. The van der Waals surface area contributed by atoms with E-state index in [-0.39, 0.29) is 17.2 Å². The molecule has 9 nitrogen and oxygen atoms in total. The topological polar surface area (TPSA) is 115 Å².